The van der Waals surface area contributed by atoms with Gasteiger partial charge in [-0.05, 0) is 23.3 Å². The Morgan fingerprint density at radius 3 is 2.45 bits per heavy atom. The molecule has 2 amide bonds. The number of aryl methyl sites for hydroxylation is 1. The topological polar surface area (TPSA) is 54.3 Å². The Kier molecular flexibility index (Phi) is 4.79. The highest BCUT2D eigenvalue weighted by Gasteiger charge is 2.39. The molecule has 4 aromatic rings. The lowest BCUT2D eigenvalue weighted by molar-refractivity contribution is -0.122. The van der Waals surface area contributed by atoms with Gasteiger partial charge in [-0.1, -0.05) is 66.7 Å². The summed E-state index contributed by atoms with van der Waals surface area (Å²) >= 11 is 0. The van der Waals surface area contributed by atoms with Crippen LogP contribution in [0.2, 0.25) is 0 Å². The standard InChI is InChI=1S/C26H23N3O2/c1-28-16-22(19-11-7-8-14-23(19)28)25-20-12-5-6-13-21(20)26(31)29(25)17-24(30)27-15-18-9-3-2-4-10-18/h2-14,16,25H,15,17H2,1H3,(H,27,30)/t25-/m0/s1. The van der Waals surface area contributed by atoms with E-state index in [0.29, 0.717) is 12.1 Å². The summed E-state index contributed by atoms with van der Waals surface area (Å²) in [5.74, 6) is -0.279. The number of carbonyl (C=O) groups is 2. The number of amides is 2. The van der Waals surface area contributed by atoms with Crippen molar-refractivity contribution >= 4 is 22.7 Å². The first-order valence-corrected chi connectivity index (χ1v) is 10.4. The van der Waals surface area contributed by atoms with Crippen LogP contribution in [0.3, 0.4) is 0 Å². The van der Waals surface area contributed by atoms with Gasteiger partial charge in [-0.3, -0.25) is 9.59 Å². The molecule has 0 bridgehead atoms. The number of rotatable bonds is 5. The van der Waals surface area contributed by atoms with Gasteiger partial charge in [-0.2, -0.15) is 0 Å². The monoisotopic (exact) mass is 409 g/mol. The highest BCUT2D eigenvalue weighted by molar-refractivity contribution is 6.02. The zero-order valence-corrected chi connectivity index (χ0v) is 17.3. The number of benzene rings is 3. The van der Waals surface area contributed by atoms with Crippen molar-refractivity contribution < 1.29 is 9.59 Å². The fraction of sp³-hybridized carbons (Fsp3) is 0.154. The van der Waals surface area contributed by atoms with E-state index in [4.69, 9.17) is 0 Å². The molecule has 1 N–H and O–H groups in total. The van der Waals surface area contributed by atoms with Crippen LogP contribution >= 0.6 is 0 Å². The largest absolute Gasteiger partial charge is 0.350 e. The lowest BCUT2D eigenvalue weighted by Gasteiger charge is -2.25. The number of nitrogens with one attached hydrogen (secondary N) is 1. The van der Waals surface area contributed by atoms with Crippen LogP contribution in [0, 0.1) is 0 Å². The van der Waals surface area contributed by atoms with Crippen LogP contribution in [0.5, 0.6) is 0 Å². The summed E-state index contributed by atoms with van der Waals surface area (Å²) < 4.78 is 2.07. The molecule has 154 valence electrons. The van der Waals surface area contributed by atoms with Crippen LogP contribution in [0.4, 0.5) is 0 Å². The van der Waals surface area contributed by atoms with Gasteiger partial charge in [0, 0.05) is 41.8 Å². The van der Waals surface area contributed by atoms with E-state index in [1.165, 1.54) is 0 Å². The first kappa shape index (κ1) is 19.1. The molecule has 0 aliphatic carbocycles. The minimum atomic E-state index is -0.294. The minimum absolute atomic E-state index is 0.00817. The first-order valence-electron chi connectivity index (χ1n) is 10.4. The van der Waals surface area contributed by atoms with Gasteiger partial charge in [0.1, 0.15) is 6.54 Å². The van der Waals surface area contributed by atoms with E-state index in [-0.39, 0.29) is 24.4 Å². The average molecular weight is 409 g/mol. The molecular formula is C26H23N3O2. The number of carbonyl (C=O) groups excluding carboxylic acids is 2. The summed E-state index contributed by atoms with van der Waals surface area (Å²) in [6, 6.07) is 25.3. The van der Waals surface area contributed by atoms with Crippen LogP contribution in [-0.2, 0) is 18.4 Å². The van der Waals surface area contributed by atoms with Crippen molar-refractivity contribution in [3.05, 3.63) is 107 Å². The van der Waals surface area contributed by atoms with Gasteiger partial charge in [0.2, 0.25) is 5.91 Å². The number of hydrogen-bond donors (Lipinski definition) is 1. The van der Waals surface area contributed by atoms with E-state index in [9.17, 15) is 9.59 Å². The zero-order valence-electron chi connectivity index (χ0n) is 17.3. The predicted octanol–water partition coefficient (Wildman–Crippen LogP) is 4.04. The molecule has 2 heterocycles. The number of hydrogen-bond acceptors (Lipinski definition) is 2. The van der Waals surface area contributed by atoms with E-state index in [2.05, 4.69) is 28.2 Å². The Morgan fingerprint density at radius 2 is 1.61 bits per heavy atom. The fourth-order valence-electron chi connectivity index (χ4n) is 4.47. The van der Waals surface area contributed by atoms with Crippen LogP contribution in [0.15, 0.2) is 85.1 Å². The minimum Gasteiger partial charge on any atom is -0.350 e. The van der Waals surface area contributed by atoms with Gasteiger partial charge in [0.25, 0.3) is 5.91 Å². The van der Waals surface area contributed by atoms with E-state index in [1.54, 1.807) is 4.90 Å². The SMILES string of the molecule is Cn1cc([C@@H]2c3ccccc3C(=O)N2CC(=O)NCc2ccccc2)c2ccccc21. The molecule has 5 nitrogen and oxygen atoms in total. The molecule has 5 heteroatoms. The molecule has 0 saturated carbocycles. The van der Waals surface area contributed by atoms with Gasteiger partial charge < -0.3 is 14.8 Å². The smallest absolute Gasteiger partial charge is 0.255 e. The molecule has 0 saturated heterocycles. The third-order valence-corrected chi connectivity index (χ3v) is 5.93. The Labute approximate surface area is 180 Å². The number of nitrogens with zero attached hydrogens (tertiary/aromatic N) is 2. The van der Waals surface area contributed by atoms with E-state index in [0.717, 1.165) is 27.6 Å². The predicted molar refractivity (Wildman–Crippen MR) is 121 cm³/mol. The first-order chi connectivity index (χ1) is 15.1. The second-order valence-electron chi connectivity index (χ2n) is 7.90. The third kappa shape index (κ3) is 3.38. The molecule has 31 heavy (non-hydrogen) atoms. The molecule has 5 rings (SSSR count). The summed E-state index contributed by atoms with van der Waals surface area (Å²) in [4.78, 5) is 27.8. The number of para-hydroxylation sites is 1. The molecule has 0 unspecified atom stereocenters. The van der Waals surface area contributed by atoms with Gasteiger partial charge in [0.15, 0.2) is 0 Å². The summed E-state index contributed by atoms with van der Waals surface area (Å²) in [7, 11) is 2.01. The zero-order chi connectivity index (χ0) is 21.4. The average Bonchev–Trinajstić information content (AvgIpc) is 3.27. The number of aromatic nitrogens is 1. The van der Waals surface area contributed by atoms with Crippen LogP contribution in [-0.4, -0.2) is 27.8 Å². The summed E-state index contributed by atoms with van der Waals surface area (Å²) in [5.41, 5.74) is 4.77. The molecule has 1 aliphatic rings. The van der Waals surface area contributed by atoms with Crippen LogP contribution in [0.1, 0.15) is 33.1 Å². The lowest BCUT2D eigenvalue weighted by Crippen LogP contribution is -2.39. The normalized spacial score (nSPS) is 15.3. The van der Waals surface area contributed by atoms with E-state index < -0.39 is 0 Å². The van der Waals surface area contributed by atoms with Crippen molar-refractivity contribution in [2.45, 2.75) is 12.6 Å². The highest BCUT2D eigenvalue weighted by atomic mass is 16.2. The molecule has 3 aromatic carbocycles. The Bertz CT molecular complexity index is 1280. The molecule has 1 aromatic heterocycles. The Hall–Kier alpha value is -3.86. The van der Waals surface area contributed by atoms with Crippen molar-refractivity contribution in [3.63, 3.8) is 0 Å². The molecule has 1 aliphatic heterocycles. The van der Waals surface area contributed by atoms with Crippen LogP contribution in [0.25, 0.3) is 10.9 Å². The van der Waals surface area contributed by atoms with Gasteiger partial charge in [0.05, 0.1) is 6.04 Å². The maximum Gasteiger partial charge on any atom is 0.255 e. The Morgan fingerprint density at radius 1 is 0.903 bits per heavy atom. The maximum atomic E-state index is 13.3. The fourth-order valence-corrected chi connectivity index (χ4v) is 4.47. The van der Waals surface area contributed by atoms with Gasteiger partial charge in [-0.25, -0.2) is 0 Å². The molecular weight excluding hydrogens is 386 g/mol. The summed E-state index contributed by atoms with van der Waals surface area (Å²) in [6.07, 6.45) is 2.07. The summed E-state index contributed by atoms with van der Waals surface area (Å²) in [5, 5.41) is 4.04. The van der Waals surface area contributed by atoms with Crippen molar-refractivity contribution in [3.8, 4) is 0 Å². The molecule has 0 spiro atoms. The molecule has 1 atom stereocenters. The van der Waals surface area contributed by atoms with Crippen molar-refractivity contribution in [2.24, 2.45) is 7.05 Å². The van der Waals surface area contributed by atoms with Crippen LogP contribution < -0.4 is 5.32 Å². The maximum absolute atomic E-state index is 13.3. The van der Waals surface area contributed by atoms with Gasteiger partial charge >= 0.3 is 0 Å². The van der Waals surface area contributed by atoms with E-state index >= 15 is 0 Å². The Balaban J connectivity index is 1.48. The van der Waals surface area contributed by atoms with Crippen molar-refractivity contribution in [1.29, 1.82) is 0 Å². The summed E-state index contributed by atoms with van der Waals surface area (Å²) in [6.45, 7) is 0.446. The second-order valence-corrected chi connectivity index (χ2v) is 7.90. The number of fused-ring (bicyclic) bond motifs is 2. The highest BCUT2D eigenvalue weighted by Crippen LogP contribution is 2.41. The third-order valence-electron chi connectivity index (χ3n) is 5.93. The van der Waals surface area contributed by atoms with Gasteiger partial charge in [-0.15, -0.1) is 0 Å². The van der Waals surface area contributed by atoms with Crippen molar-refractivity contribution in [2.75, 3.05) is 6.54 Å². The second kappa shape index (κ2) is 7.76. The molecule has 0 radical (unpaired) electrons. The van der Waals surface area contributed by atoms with Crippen molar-refractivity contribution in [1.82, 2.24) is 14.8 Å². The molecule has 0 fully saturated rings. The quantitative estimate of drug-likeness (QED) is 0.541. The van der Waals surface area contributed by atoms with E-state index in [1.807, 2.05) is 73.8 Å². The lowest BCUT2D eigenvalue weighted by atomic mass is 9.97.